The van der Waals surface area contributed by atoms with Crippen molar-refractivity contribution in [2.75, 3.05) is 0 Å². The third-order valence-electron chi connectivity index (χ3n) is 6.71. The molecule has 150 valence electrons. The average molecular weight is 409 g/mol. The van der Waals surface area contributed by atoms with Crippen molar-refractivity contribution in [3.63, 3.8) is 0 Å². The molecule has 1 nitrogen and oxygen atoms in total. The van der Waals surface area contributed by atoms with Gasteiger partial charge in [-0.3, -0.25) is 0 Å². The van der Waals surface area contributed by atoms with Crippen LogP contribution in [-0.2, 0) is 0 Å². The van der Waals surface area contributed by atoms with Crippen LogP contribution in [0.2, 0.25) is 0 Å². The van der Waals surface area contributed by atoms with Crippen molar-refractivity contribution in [1.29, 1.82) is 0 Å². The Morgan fingerprint density at radius 1 is 0.406 bits per heavy atom. The summed E-state index contributed by atoms with van der Waals surface area (Å²) in [7, 11) is 0. The maximum Gasteiger partial charge on any atom is 0.136 e. The Bertz CT molecular complexity index is 1800. The van der Waals surface area contributed by atoms with Crippen molar-refractivity contribution < 1.29 is 4.42 Å². The van der Waals surface area contributed by atoms with Crippen LogP contribution in [0.1, 0.15) is 5.56 Å². The van der Waals surface area contributed by atoms with Crippen molar-refractivity contribution in [3.8, 4) is 11.1 Å². The van der Waals surface area contributed by atoms with Crippen LogP contribution in [0, 0.1) is 6.92 Å². The zero-order valence-corrected chi connectivity index (χ0v) is 17.7. The maximum atomic E-state index is 6.21. The molecule has 0 N–H and O–H groups in total. The third-order valence-corrected chi connectivity index (χ3v) is 6.71. The Morgan fingerprint density at radius 2 is 0.875 bits per heavy atom. The molecule has 7 aromatic rings. The molecule has 0 fully saturated rings. The van der Waals surface area contributed by atoms with Crippen molar-refractivity contribution >= 4 is 54.3 Å². The average Bonchev–Trinajstić information content (AvgIpc) is 3.20. The lowest BCUT2D eigenvalue weighted by atomic mass is 9.92. The highest BCUT2D eigenvalue weighted by atomic mass is 16.3. The number of hydrogen-bond donors (Lipinski definition) is 0. The molecule has 0 radical (unpaired) electrons. The van der Waals surface area contributed by atoms with Gasteiger partial charge in [-0.15, -0.1) is 0 Å². The van der Waals surface area contributed by atoms with Crippen molar-refractivity contribution in [2.24, 2.45) is 0 Å². The maximum absolute atomic E-state index is 6.21. The van der Waals surface area contributed by atoms with Crippen LogP contribution >= 0.6 is 0 Å². The third kappa shape index (κ3) is 2.45. The smallest absolute Gasteiger partial charge is 0.136 e. The molecule has 0 saturated heterocycles. The highest BCUT2D eigenvalue weighted by molar-refractivity contribution is 6.25. The van der Waals surface area contributed by atoms with Crippen molar-refractivity contribution in [1.82, 2.24) is 0 Å². The molecule has 0 unspecified atom stereocenters. The molecule has 1 heterocycles. The molecule has 7 rings (SSSR count). The Hall–Kier alpha value is -4.10. The van der Waals surface area contributed by atoms with Crippen LogP contribution in [0.25, 0.3) is 65.4 Å². The lowest BCUT2D eigenvalue weighted by Crippen LogP contribution is -1.85. The molecule has 0 aliphatic carbocycles. The highest BCUT2D eigenvalue weighted by Gasteiger charge is 2.11. The largest absolute Gasteiger partial charge is 0.456 e. The van der Waals surface area contributed by atoms with E-state index >= 15 is 0 Å². The van der Waals surface area contributed by atoms with Crippen LogP contribution in [0.15, 0.2) is 108 Å². The quantitative estimate of drug-likeness (QED) is 0.247. The normalized spacial score (nSPS) is 11.9. The molecule has 0 aliphatic rings. The minimum atomic E-state index is 0.937. The molecule has 0 saturated carbocycles. The van der Waals surface area contributed by atoms with Gasteiger partial charge in [0, 0.05) is 10.8 Å². The summed E-state index contributed by atoms with van der Waals surface area (Å²) in [6.45, 7) is 2.10. The van der Waals surface area contributed by atoms with E-state index in [9.17, 15) is 0 Å². The van der Waals surface area contributed by atoms with E-state index in [-0.39, 0.29) is 0 Å². The molecule has 1 aromatic heterocycles. The van der Waals surface area contributed by atoms with Gasteiger partial charge >= 0.3 is 0 Å². The summed E-state index contributed by atoms with van der Waals surface area (Å²) >= 11 is 0. The fourth-order valence-corrected chi connectivity index (χ4v) is 5.15. The van der Waals surface area contributed by atoms with Crippen molar-refractivity contribution in [2.45, 2.75) is 6.92 Å². The first-order valence-electron chi connectivity index (χ1n) is 11.0. The van der Waals surface area contributed by atoms with E-state index in [1.165, 1.54) is 59.8 Å². The first-order valence-corrected chi connectivity index (χ1v) is 11.0. The van der Waals surface area contributed by atoms with E-state index in [0.29, 0.717) is 0 Å². The van der Waals surface area contributed by atoms with Crippen LogP contribution in [0.4, 0.5) is 0 Å². The Kier molecular flexibility index (Phi) is 3.54. The van der Waals surface area contributed by atoms with Crippen LogP contribution in [0.5, 0.6) is 0 Å². The Morgan fingerprint density at radius 3 is 1.53 bits per heavy atom. The van der Waals surface area contributed by atoms with Crippen LogP contribution in [-0.4, -0.2) is 0 Å². The monoisotopic (exact) mass is 408 g/mol. The zero-order valence-electron chi connectivity index (χ0n) is 17.7. The molecule has 32 heavy (non-hydrogen) atoms. The summed E-state index contributed by atoms with van der Waals surface area (Å²) in [4.78, 5) is 0. The molecule has 0 aliphatic heterocycles. The number of furan rings is 1. The van der Waals surface area contributed by atoms with Gasteiger partial charge in [0.15, 0.2) is 0 Å². The summed E-state index contributed by atoms with van der Waals surface area (Å²) in [5.41, 5.74) is 5.48. The second-order valence-corrected chi connectivity index (χ2v) is 8.66. The summed E-state index contributed by atoms with van der Waals surface area (Å²) in [6, 6.07) is 37.2. The van der Waals surface area contributed by atoms with Gasteiger partial charge in [0.2, 0.25) is 0 Å². The molecule has 0 bridgehead atoms. The molecule has 0 spiro atoms. The summed E-state index contributed by atoms with van der Waals surface area (Å²) in [5.74, 6) is 0. The summed E-state index contributed by atoms with van der Waals surface area (Å²) in [5, 5.41) is 10.1. The zero-order chi connectivity index (χ0) is 21.2. The van der Waals surface area contributed by atoms with Gasteiger partial charge in [0.05, 0.1) is 0 Å². The van der Waals surface area contributed by atoms with Crippen LogP contribution in [0.3, 0.4) is 0 Å². The number of benzene rings is 6. The van der Waals surface area contributed by atoms with Gasteiger partial charge in [-0.1, -0.05) is 78.9 Å². The SMILES string of the molecule is Cc1ccc2c(c1)oc1cc(-c3ccc4c5ccccc5c5ccccc5c4c3)ccc12. The topological polar surface area (TPSA) is 13.1 Å². The van der Waals surface area contributed by atoms with Gasteiger partial charge < -0.3 is 4.42 Å². The van der Waals surface area contributed by atoms with Gasteiger partial charge in [-0.2, -0.15) is 0 Å². The van der Waals surface area contributed by atoms with Crippen molar-refractivity contribution in [3.05, 3.63) is 109 Å². The fraction of sp³-hybridized carbons (Fsp3) is 0.0323. The minimum Gasteiger partial charge on any atom is -0.456 e. The van der Waals surface area contributed by atoms with Gasteiger partial charge in [0.1, 0.15) is 11.2 Å². The highest BCUT2D eigenvalue weighted by Crippen LogP contribution is 2.38. The van der Waals surface area contributed by atoms with Gasteiger partial charge in [0.25, 0.3) is 0 Å². The molecule has 0 amide bonds. The molecule has 6 aromatic carbocycles. The number of rotatable bonds is 1. The molecule has 1 heteroatoms. The van der Waals surface area contributed by atoms with E-state index < -0.39 is 0 Å². The first-order chi connectivity index (χ1) is 15.8. The predicted molar refractivity (Wildman–Crippen MR) is 136 cm³/mol. The Balaban J connectivity index is 1.51. The van der Waals surface area contributed by atoms with E-state index in [2.05, 4.69) is 110 Å². The van der Waals surface area contributed by atoms with Gasteiger partial charge in [-0.25, -0.2) is 0 Å². The summed E-state index contributed by atoms with van der Waals surface area (Å²) in [6.07, 6.45) is 0. The first kappa shape index (κ1) is 17.6. The Labute approximate surface area is 185 Å². The predicted octanol–water partition coefficient (Wildman–Crippen LogP) is 9.02. The second-order valence-electron chi connectivity index (χ2n) is 8.66. The van der Waals surface area contributed by atoms with E-state index in [0.717, 1.165) is 11.2 Å². The molecular formula is C31H20O. The minimum absolute atomic E-state index is 0.937. The van der Waals surface area contributed by atoms with E-state index in [1.807, 2.05) is 0 Å². The standard InChI is InChI=1S/C31H20O/c1-19-10-13-27-28-15-12-21(18-31(28)32-30(27)16-19)20-11-14-26-24-8-3-2-6-22(24)23-7-4-5-9-25(23)29(26)17-20/h2-18H,1H3. The van der Waals surface area contributed by atoms with E-state index in [4.69, 9.17) is 4.42 Å². The summed E-state index contributed by atoms with van der Waals surface area (Å²) < 4.78 is 6.21. The van der Waals surface area contributed by atoms with Crippen LogP contribution < -0.4 is 0 Å². The van der Waals surface area contributed by atoms with Gasteiger partial charge in [-0.05, 0) is 80.2 Å². The second kappa shape index (κ2) is 6.45. The number of hydrogen-bond acceptors (Lipinski definition) is 1. The number of aryl methyl sites for hydroxylation is 1. The number of fused-ring (bicyclic) bond motifs is 9. The molecular weight excluding hydrogens is 388 g/mol. The lowest BCUT2D eigenvalue weighted by molar-refractivity contribution is 0.668. The molecule has 0 atom stereocenters. The fourth-order valence-electron chi connectivity index (χ4n) is 5.15. The lowest BCUT2D eigenvalue weighted by Gasteiger charge is -2.12. The van der Waals surface area contributed by atoms with E-state index in [1.54, 1.807) is 0 Å².